The van der Waals surface area contributed by atoms with Gasteiger partial charge in [0.25, 0.3) is 0 Å². The van der Waals surface area contributed by atoms with Crippen LogP contribution < -0.4 is 0 Å². The number of para-hydroxylation sites is 1. The minimum atomic E-state index is -0.104. The molecule has 0 saturated heterocycles. The van der Waals surface area contributed by atoms with Crippen LogP contribution in [0.4, 0.5) is 0 Å². The van der Waals surface area contributed by atoms with Gasteiger partial charge in [0.05, 0.1) is 0 Å². The number of aliphatic hydroxyl groups is 1. The summed E-state index contributed by atoms with van der Waals surface area (Å²) in [6.45, 7) is 22.3. The van der Waals surface area contributed by atoms with E-state index in [0.29, 0.717) is 5.75 Å². The fourth-order valence-electron chi connectivity index (χ4n) is 2.96. The number of allylic oxidation sites excluding steroid dienone is 4. The van der Waals surface area contributed by atoms with Crippen LogP contribution >= 0.6 is 21.6 Å². The summed E-state index contributed by atoms with van der Waals surface area (Å²) in [6, 6.07) is 7.61. The van der Waals surface area contributed by atoms with E-state index in [1.54, 1.807) is 6.07 Å². The normalized spacial score (nSPS) is 12.3. The van der Waals surface area contributed by atoms with Crippen molar-refractivity contribution in [3.8, 4) is 5.75 Å². The largest absolute Gasteiger partial charge is 0.508 e. The molecule has 0 bridgehead atoms. The Bertz CT molecular complexity index is 674. The van der Waals surface area contributed by atoms with Crippen molar-refractivity contribution in [1.82, 2.24) is 0 Å². The van der Waals surface area contributed by atoms with Gasteiger partial charge in [0, 0.05) is 11.5 Å². The van der Waals surface area contributed by atoms with Crippen molar-refractivity contribution >= 4 is 21.6 Å². The lowest BCUT2D eigenvalue weighted by Crippen LogP contribution is -2.18. The third-order valence-corrected chi connectivity index (χ3v) is 7.28. The topological polar surface area (TPSA) is 40.5 Å². The van der Waals surface area contributed by atoms with E-state index in [9.17, 15) is 10.2 Å². The van der Waals surface area contributed by atoms with Crippen LogP contribution in [0.2, 0.25) is 0 Å². The maximum atomic E-state index is 10.1. The lowest BCUT2D eigenvalue weighted by molar-refractivity contribution is 0.377. The molecule has 0 unspecified atom stereocenters. The summed E-state index contributed by atoms with van der Waals surface area (Å²) >= 11 is 0. The fourth-order valence-corrected chi connectivity index (χ4v) is 5.59. The molecule has 0 atom stereocenters. The summed E-state index contributed by atoms with van der Waals surface area (Å²) in [7, 11) is 3.75. The average molecular weight is 467 g/mol. The number of phenolic OH excluding ortho intramolecular Hbond substituents is 1. The Labute approximate surface area is 200 Å². The van der Waals surface area contributed by atoms with Crippen molar-refractivity contribution in [3.63, 3.8) is 0 Å². The lowest BCUT2D eigenvalue weighted by atomic mass is 9.80. The molecule has 2 nitrogen and oxygen atoms in total. The van der Waals surface area contributed by atoms with Crippen LogP contribution in [0.15, 0.2) is 60.4 Å². The highest BCUT2D eigenvalue weighted by Crippen LogP contribution is 2.38. The molecule has 1 rings (SSSR count). The van der Waals surface area contributed by atoms with E-state index in [4.69, 9.17) is 0 Å². The van der Waals surface area contributed by atoms with Gasteiger partial charge < -0.3 is 10.2 Å². The second kappa shape index (κ2) is 17.3. The Morgan fingerprint density at radius 3 is 1.97 bits per heavy atom. The molecule has 1 aromatic rings. The molecule has 0 heterocycles. The van der Waals surface area contributed by atoms with E-state index in [0.717, 1.165) is 35.5 Å². The van der Waals surface area contributed by atoms with Gasteiger partial charge in [-0.15, -0.1) is 0 Å². The molecule has 0 saturated carbocycles. The number of hydrogen-bond acceptors (Lipinski definition) is 4. The summed E-state index contributed by atoms with van der Waals surface area (Å²) in [5.41, 5.74) is 1.80. The molecule has 0 amide bonds. The second-order valence-corrected chi connectivity index (χ2v) is 10.6. The SMILES string of the molecule is C=C/C(O)=C(\C=C/C)C(C)(C)CCSSCCC(C)(C)c1ccccc1O.CC.CC. The summed E-state index contributed by atoms with van der Waals surface area (Å²) in [6.07, 6.45) is 7.43. The van der Waals surface area contributed by atoms with Gasteiger partial charge in [-0.1, -0.05) is 114 Å². The molecule has 4 heteroatoms. The molecular weight excluding hydrogens is 420 g/mol. The Kier molecular flexibility index (Phi) is 17.8. The smallest absolute Gasteiger partial charge is 0.119 e. The van der Waals surface area contributed by atoms with Crippen LogP contribution in [0.1, 0.15) is 80.7 Å². The van der Waals surface area contributed by atoms with E-state index >= 15 is 0 Å². The van der Waals surface area contributed by atoms with Crippen molar-refractivity contribution in [1.29, 1.82) is 0 Å². The molecule has 0 aromatic heterocycles. The molecule has 0 spiro atoms. The summed E-state index contributed by atoms with van der Waals surface area (Å²) in [5, 5.41) is 20.2. The number of aromatic hydroxyl groups is 1. The highest BCUT2D eigenvalue weighted by molar-refractivity contribution is 8.76. The number of aliphatic hydroxyl groups excluding tert-OH is 1. The van der Waals surface area contributed by atoms with Gasteiger partial charge in [-0.25, -0.2) is 0 Å². The number of hydrogen-bond donors (Lipinski definition) is 2. The molecule has 0 aliphatic rings. The molecule has 0 aliphatic carbocycles. The Hall–Kier alpha value is -1.26. The maximum absolute atomic E-state index is 10.1. The first-order chi connectivity index (χ1) is 14.7. The summed E-state index contributed by atoms with van der Waals surface area (Å²) in [4.78, 5) is 0. The van der Waals surface area contributed by atoms with Crippen molar-refractivity contribution in [2.24, 2.45) is 5.41 Å². The zero-order valence-corrected chi connectivity index (χ0v) is 22.9. The highest BCUT2D eigenvalue weighted by atomic mass is 33.1. The van der Waals surface area contributed by atoms with Crippen LogP contribution in [0.5, 0.6) is 5.75 Å². The first-order valence-corrected chi connectivity index (χ1v) is 13.9. The van der Waals surface area contributed by atoms with E-state index < -0.39 is 0 Å². The van der Waals surface area contributed by atoms with Gasteiger partial charge >= 0.3 is 0 Å². The van der Waals surface area contributed by atoms with Gasteiger partial charge in [0.2, 0.25) is 0 Å². The third kappa shape index (κ3) is 11.8. The van der Waals surface area contributed by atoms with E-state index in [1.165, 1.54) is 6.08 Å². The van der Waals surface area contributed by atoms with Gasteiger partial charge in [-0.3, -0.25) is 0 Å². The monoisotopic (exact) mass is 466 g/mol. The zero-order chi connectivity index (χ0) is 24.5. The number of benzene rings is 1. The van der Waals surface area contributed by atoms with E-state index in [-0.39, 0.29) is 16.6 Å². The van der Waals surface area contributed by atoms with Crippen LogP contribution in [0, 0.1) is 5.41 Å². The Morgan fingerprint density at radius 2 is 1.48 bits per heavy atom. The first kappa shape index (κ1) is 31.9. The van der Waals surface area contributed by atoms with Gasteiger partial charge in [0.15, 0.2) is 0 Å². The predicted molar refractivity (Wildman–Crippen MR) is 146 cm³/mol. The molecular formula is C27H46O2S2. The minimum Gasteiger partial charge on any atom is -0.508 e. The maximum Gasteiger partial charge on any atom is 0.119 e. The molecule has 1 aromatic carbocycles. The zero-order valence-electron chi connectivity index (χ0n) is 21.3. The first-order valence-electron chi connectivity index (χ1n) is 11.4. The number of phenols is 1. The molecule has 0 fully saturated rings. The van der Waals surface area contributed by atoms with Crippen LogP contribution in [-0.4, -0.2) is 21.7 Å². The van der Waals surface area contributed by atoms with E-state index in [1.807, 2.05) is 86.6 Å². The summed E-state index contributed by atoms with van der Waals surface area (Å²) in [5.74, 6) is 2.69. The van der Waals surface area contributed by atoms with E-state index in [2.05, 4.69) is 34.3 Å². The molecule has 0 aliphatic heterocycles. The van der Waals surface area contributed by atoms with Crippen LogP contribution in [-0.2, 0) is 5.41 Å². The van der Waals surface area contributed by atoms with Gasteiger partial charge in [-0.2, -0.15) is 0 Å². The standard InChI is InChI=1S/C23H34O2S2.2C2H6/c1-7-11-18(20(24)8-2)22(3,4)14-16-26-27-17-15-23(5,6)19-12-9-10-13-21(19)25;2*1-2/h7-13,24-25H,2,14-17H2,1,3-6H3;2*1-2H3/b11-7-,20-18-;;. The molecule has 31 heavy (non-hydrogen) atoms. The second-order valence-electron chi connectivity index (χ2n) is 7.93. The lowest BCUT2D eigenvalue weighted by Gasteiger charge is -2.27. The third-order valence-electron chi connectivity index (χ3n) is 4.87. The Morgan fingerprint density at radius 1 is 0.968 bits per heavy atom. The number of rotatable bonds is 11. The van der Waals surface area contributed by atoms with Gasteiger partial charge in [0.1, 0.15) is 11.5 Å². The average Bonchev–Trinajstić information content (AvgIpc) is 2.76. The van der Waals surface area contributed by atoms with Gasteiger partial charge in [-0.05, 0) is 53.9 Å². The molecule has 2 N–H and O–H groups in total. The Balaban J connectivity index is 0. The van der Waals surface area contributed by atoms with Crippen molar-refractivity contribution in [2.45, 2.75) is 80.6 Å². The van der Waals surface area contributed by atoms with Crippen LogP contribution in [0.3, 0.4) is 0 Å². The molecule has 0 radical (unpaired) electrons. The van der Waals surface area contributed by atoms with Crippen molar-refractivity contribution in [3.05, 3.63) is 66.0 Å². The molecule has 178 valence electrons. The van der Waals surface area contributed by atoms with Crippen molar-refractivity contribution in [2.75, 3.05) is 11.5 Å². The highest BCUT2D eigenvalue weighted by Gasteiger charge is 2.25. The summed E-state index contributed by atoms with van der Waals surface area (Å²) < 4.78 is 0. The fraction of sp³-hybridized carbons (Fsp3) is 0.556. The minimum absolute atomic E-state index is 0.0459. The van der Waals surface area contributed by atoms with Crippen molar-refractivity contribution < 1.29 is 10.2 Å². The predicted octanol–water partition coefficient (Wildman–Crippen LogP) is 9.48. The van der Waals surface area contributed by atoms with Crippen LogP contribution in [0.25, 0.3) is 0 Å². The quantitative estimate of drug-likeness (QED) is 0.147.